The van der Waals surface area contributed by atoms with Gasteiger partial charge in [0.1, 0.15) is 0 Å². The summed E-state index contributed by atoms with van der Waals surface area (Å²) in [6, 6.07) is 17.1. The number of hydrogen-bond acceptors (Lipinski definition) is 1. The van der Waals surface area contributed by atoms with E-state index >= 15 is 0 Å². The molecule has 3 unspecified atom stereocenters. The third-order valence-corrected chi connectivity index (χ3v) is 6.28. The second-order valence-electron chi connectivity index (χ2n) is 5.12. The molecule has 1 nitrogen and oxygen atoms in total. The van der Waals surface area contributed by atoms with E-state index in [9.17, 15) is 0 Å². The summed E-state index contributed by atoms with van der Waals surface area (Å²) in [7, 11) is -0.0733. The lowest BCUT2D eigenvalue weighted by molar-refractivity contribution is 0.243. The van der Waals surface area contributed by atoms with Crippen molar-refractivity contribution in [1.29, 1.82) is 0 Å². The van der Waals surface area contributed by atoms with Crippen molar-refractivity contribution in [3.63, 3.8) is 0 Å². The van der Waals surface area contributed by atoms with E-state index in [0.717, 1.165) is 5.75 Å². The van der Waals surface area contributed by atoms with Crippen molar-refractivity contribution in [1.82, 2.24) is 0 Å². The van der Waals surface area contributed by atoms with Crippen molar-refractivity contribution in [3.8, 4) is 5.75 Å². The van der Waals surface area contributed by atoms with Crippen molar-refractivity contribution in [2.24, 2.45) is 0 Å². The normalized spacial score (nSPS) is 23.8. The van der Waals surface area contributed by atoms with Gasteiger partial charge in [0.2, 0.25) is 4.90 Å². The largest absolute Gasteiger partial charge is 0.475 e. The van der Waals surface area contributed by atoms with Gasteiger partial charge in [-0.1, -0.05) is 43.0 Å². The number of ether oxygens (including phenoxy) is 1. The molecule has 0 N–H and O–H groups in total. The summed E-state index contributed by atoms with van der Waals surface area (Å²) in [5, 5.41) is 0.222. The minimum atomic E-state index is -0.0733. The number of aryl methyl sites for hydroxylation is 1. The van der Waals surface area contributed by atoms with E-state index in [4.69, 9.17) is 4.74 Å². The Morgan fingerprint density at radius 1 is 1.00 bits per heavy atom. The van der Waals surface area contributed by atoms with E-state index in [-0.39, 0.29) is 22.2 Å². The van der Waals surface area contributed by atoms with Crippen molar-refractivity contribution >= 4 is 10.9 Å². The van der Waals surface area contributed by atoms with Gasteiger partial charge in [-0.15, -0.1) is 0 Å². The molecule has 106 valence electrons. The summed E-state index contributed by atoms with van der Waals surface area (Å²) in [6.07, 6.45) is 3.86. The maximum atomic E-state index is 6.08. The first kappa shape index (κ1) is 14.0. The van der Waals surface area contributed by atoms with Crippen LogP contribution in [0.2, 0.25) is 0 Å². The number of benzene rings is 2. The summed E-state index contributed by atoms with van der Waals surface area (Å²) < 4.78 is 6.08. The topological polar surface area (TPSA) is 9.23 Å². The lowest BCUT2D eigenvalue weighted by Crippen LogP contribution is -2.39. The molecule has 0 amide bonds. The molecule has 21 heavy (non-hydrogen) atoms. The van der Waals surface area contributed by atoms with Crippen molar-refractivity contribution in [2.75, 3.05) is 0 Å². The average molecular weight is 295 g/mol. The van der Waals surface area contributed by atoms with Crippen LogP contribution in [0, 0.1) is 6.92 Å². The van der Waals surface area contributed by atoms with Crippen LogP contribution in [0.25, 0.3) is 0 Å². The lowest BCUT2D eigenvalue weighted by atomic mass is 10.2. The fourth-order valence-electron chi connectivity index (χ4n) is 2.61. The number of hydrogen-bond donors (Lipinski definition) is 0. The van der Waals surface area contributed by atoms with E-state index in [0.29, 0.717) is 0 Å². The van der Waals surface area contributed by atoms with E-state index in [1.54, 1.807) is 0 Å². The molecular weight excluding hydrogens is 276 g/mol. The zero-order valence-corrected chi connectivity index (χ0v) is 13.0. The molecule has 0 saturated carbocycles. The molecule has 2 heteroatoms. The van der Waals surface area contributed by atoms with E-state index < -0.39 is 0 Å². The van der Waals surface area contributed by atoms with Gasteiger partial charge in [0.25, 0.3) is 0 Å². The monoisotopic (exact) mass is 295 g/mol. The first-order chi connectivity index (χ1) is 10.2. The zero-order chi connectivity index (χ0) is 14.8. The molecule has 0 fully saturated rings. The van der Waals surface area contributed by atoms with Gasteiger partial charge in [0.15, 0.2) is 22.0 Å². The van der Waals surface area contributed by atoms with Crippen molar-refractivity contribution < 1.29 is 4.74 Å². The second kappa shape index (κ2) is 5.82. The highest BCUT2D eigenvalue weighted by Gasteiger charge is 2.45. The maximum Gasteiger partial charge on any atom is 0.203 e. The van der Waals surface area contributed by atoms with Crippen LogP contribution < -0.4 is 4.74 Å². The van der Waals surface area contributed by atoms with Crippen molar-refractivity contribution in [3.05, 3.63) is 79.4 Å². The predicted molar refractivity (Wildman–Crippen MR) is 90.1 cm³/mol. The Bertz CT molecular complexity index is 660. The van der Waals surface area contributed by atoms with Crippen LogP contribution in [-0.2, 0) is 10.9 Å². The Morgan fingerprint density at radius 2 is 1.71 bits per heavy atom. The van der Waals surface area contributed by atoms with Gasteiger partial charge in [-0.25, -0.2) is 0 Å². The van der Waals surface area contributed by atoms with E-state index in [2.05, 4.69) is 56.5 Å². The second-order valence-corrected chi connectivity index (χ2v) is 7.25. The van der Waals surface area contributed by atoms with Gasteiger partial charge in [0, 0.05) is 0 Å². The standard InChI is InChI=1S/C19H19OS/c1-4-16-18(5-2)21(15-12-10-14(3)11-13-15)19-9-7-6-8-17(19)20-16/h4-13,16,18H,1-2H2,3H3/q+1. The summed E-state index contributed by atoms with van der Waals surface area (Å²) in [5.41, 5.74) is 1.28. The number of fused-ring (bicyclic) bond motifs is 1. The summed E-state index contributed by atoms with van der Waals surface area (Å²) >= 11 is 0. The van der Waals surface area contributed by atoms with Crippen LogP contribution in [-0.4, -0.2) is 11.4 Å². The average Bonchev–Trinajstić information content (AvgIpc) is 2.53. The molecular formula is C19H19OS+. The molecule has 1 aliphatic rings. The Balaban J connectivity index is 2.15. The van der Waals surface area contributed by atoms with Gasteiger partial charge in [0.05, 0.1) is 10.9 Å². The molecule has 1 heterocycles. The Labute approximate surface area is 129 Å². The molecule has 3 rings (SSSR count). The minimum Gasteiger partial charge on any atom is -0.475 e. The quantitative estimate of drug-likeness (QED) is 0.597. The van der Waals surface area contributed by atoms with Crippen LogP contribution in [0.1, 0.15) is 5.56 Å². The van der Waals surface area contributed by atoms with E-state index in [1.807, 2.05) is 24.3 Å². The fourth-order valence-corrected chi connectivity index (χ4v) is 5.08. The highest BCUT2D eigenvalue weighted by molar-refractivity contribution is 7.98. The Kier molecular flexibility index (Phi) is 3.89. The smallest absolute Gasteiger partial charge is 0.203 e. The Hall–Kier alpha value is -1.93. The molecule has 0 bridgehead atoms. The molecule has 0 saturated heterocycles. The number of para-hydroxylation sites is 1. The third-order valence-electron chi connectivity index (χ3n) is 3.68. The third kappa shape index (κ3) is 2.52. The first-order valence-corrected chi connectivity index (χ1v) is 8.34. The SMILES string of the molecule is C=CC1Oc2ccccc2[S+](c2ccc(C)cc2)C1C=C. The summed E-state index contributed by atoms with van der Waals surface area (Å²) in [4.78, 5) is 2.58. The van der Waals surface area contributed by atoms with E-state index in [1.165, 1.54) is 15.4 Å². The van der Waals surface area contributed by atoms with Crippen LogP contribution in [0.5, 0.6) is 5.75 Å². The molecule has 0 aromatic heterocycles. The van der Waals surface area contributed by atoms with Gasteiger partial charge in [-0.3, -0.25) is 0 Å². The molecule has 0 radical (unpaired) electrons. The van der Waals surface area contributed by atoms with Gasteiger partial charge in [-0.05, 0) is 43.3 Å². The molecule has 2 aromatic carbocycles. The van der Waals surface area contributed by atoms with Gasteiger partial charge < -0.3 is 4.74 Å². The van der Waals surface area contributed by atoms with Crippen LogP contribution >= 0.6 is 0 Å². The van der Waals surface area contributed by atoms with Crippen LogP contribution in [0.4, 0.5) is 0 Å². The zero-order valence-electron chi connectivity index (χ0n) is 12.2. The van der Waals surface area contributed by atoms with Crippen LogP contribution in [0.3, 0.4) is 0 Å². The highest BCUT2D eigenvalue weighted by Crippen LogP contribution is 2.41. The highest BCUT2D eigenvalue weighted by atomic mass is 32.2. The lowest BCUT2D eigenvalue weighted by Gasteiger charge is -2.29. The fraction of sp³-hybridized carbons (Fsp3) is 0.158. The summed E-state index contributed by atoms with van der Waals surface area (Å²) in [5.74, 6) is 0.962. The Morgan fingerprint density at radius 3 is 2.38 bits per heavy atom. The summed E-state index contributed by atoms with van der Waals surface area (Å²) in [6.45, 7) is 10.1. The maximum absolute atomic E-state index is 6.08. The van der Waals surface area contributed by atoms with Gasteiger partial charge in [-0.2, -0.15) is 0 Å². The molecule has 0 spiro atoms. The van der Waals surface area contributed by atoms with Crippen LogP contribution in [0.15, 0.2) is 83.6 Å². The minimum absolute atomic E-state index is 0.0259. The van der Waals surface area contributed by atoms with Crippen molar-refractivity contribution in [2.45, 2.75) is 28.1 Å². The molecule has 2 aromatic rings. The molecule has 0 aliphatic carbocycles. The predicted octanol–water partition coefficient (Wildman–Crippen LogP) is 4.53. The van der Waals surface area contributed by atoms with Gasteiger partial charge >= 0.3 is 0 Å². The first-order valence-electron chi connectivity index (χ1n) is 7.05. The number of rotatable bonds is 3. The molecule has 3 atom stereocenters. The molecule has 1 aliphatic heterocycles.